The van der Waals surface area contributed by atoms with Crippen LogP contribution in [-0.2, 0) is 31.0 Å². The van der Waals surface area contributed by atoms with Gasteiger partial charge >= 0.3 is 5.97 Å². The number of aliphatic carboxylic acids is 1. The Bertz CT molecular complexity index is 71.3. The molecule has 5 heteroatoms. The van der Waals surface area contributed by atoms with Crippen molar-refractivity contribution in [2.45, 2.75) is 20.0 Å². The molecular weight excluding hydrogens is 215 g/mol. The van der Waals surface area contributed by atoms with E-state index in [1.54, 1.807) is 13.8 Å². The van der Waals surface area contributed by atoms with Gasteiger partial charge < -0.3 is 15.3 Å². The van der Waals surface area contributed by atoms with Crippen molar-refractivity contribution < 1.29 is 46.3 Å². The van der Waals surface area contributed by atoms with Gasteiger partial charge in [-0.25, -0.2) is 4.79 Å². The number of hydrogen-bond donors (Lipinski definition) is 3. The molecule has 10 heavy (non-hydrogen) atoms. The van der Waals surface area contributed by atoms with Gasteiger partial charge in [-0.3, -0.25) is 0 Å². The van der Waals surface area contributed by atoms with E-state index in [9.17, 15) is 0 Å². The van der Waals surface area contributed by atoms with Crippen LogP contribution in [0.3, 0.4) is 0 Å². The molecule has 0 rings (SSSR count). The van der Waals surface area contributed by atoms with E-state index in [0.717, 1.165) is 0 Å². The molecule has 0 saturated heterocycles. The molecule has 0 radical (unpaired) electrons. The molecule has 0 spiro atoms. The zero-order valence-electron chi connectivity index (χ0n) is 6.03. The van der Waals surface area contributed by atoms with E-state index in [1.165, 1.54) is 0 Å². The minimum absolute atomic E-state index is 0. The third kappa shape index (κ3) is 84.7. The molecule has 0 heterocycles. The summed E-state index contributed by atoms with van der Waals surface area (Å²) in [7, 11) is 0. The van der Waals surface area contributed by atoms with E-state index in [1.807, 2.05) is 0 Å². The third-order valence-electron chi connectivity index (χ3n) is 0.135. The Balaban J connectivity index is -0.0000000910. The summed E-state index contributed by atoms with van der Waals surface area (Å²) in [5, 5.41) is 23.1. The van der Waals surface area contributed by atoms with Crippen LogP contribution in [0.1, 0.15) is 13.8 Å². The molecule has 0 aliphatic rings. The molecule has 0 unspecified atom stereocenters. The van der Waals surface area contributed by atoms with Crippen molar-refractivity contribution >= 4 is 5.97 Å². The summed E-state index contributed by atoms with van der Waals surface area (Å²) in [4.78, 5) is 9.12. The van der Waals surface area contributed by atoms with Crippen LogP contribution in [0.5, 0.6) is 0 Å². The third-order valence-corrected chi connectivity index (χ3v) is 0.135. The molecule has 0 fully saturated rings. The fraction of sp³-hybridized carbons (Fsp3) is 0.800. The summed E-state index contributed by atoms with van der Waals surface area (Å²) in [6, 6.07) is 0. The van der Waals surface area contributed by atoms with Crippen molar-refractivity contribution in [1.82, 2.24) is 0 Å². The largest absolute Gasteiger partial charge is 0.480 e. The normalized spacial score (nSPS) is 7.30. The predicted octanol–water partition coefficient (Wildman–Crippen LogP) is -0.552. The van der Waals surface area contributed by atoms with E-state index in [4.69, 9.17) is 20.1 Å². The van der Waals surface area contributed by atoms with Crippen molar-refractivity contribution in [3.8, 4) is 0 Å². The zero-order chi connectivity index (χ0) is 7.86. The van der Waals surface area contributed by atoms with Crippen molar-refractivity contribution in [3.63, 3.8) is 0 Å². The van der Waals surface area contributed by atoms with Crippen LogP contribution in [0.15, 0.2) is 0 Å². The molecule has 0 saturated carbocycles. The van der Waals surface area contributed by atoms with Gasteiger partial charge in [-0.1, -0.05) is 0 Å². The monoisotopic (exact) mass is 226 g/mol. The van der Waals surface area contributed by atoms with Gasteiger partial charge in [0.1, 0.15) is 6.61 Å². The number of rotatable bonds is 1. The summed E-state index contributed by atoms with van der Waals surface area (Å²) in [6.45, 7) is 2.67. The van der Waals surface area contributed by atoms with Crippen LogP contribution in [0, 0.1) is 0 Å². The summed E-state index contributed by atoms with van der Waals surface area (Å²) < 4.78 is 0. The fourth-order valence-corrected chi connectivity index (χ4v) is 0. The number of carboxylic acids is 1. The Morgan fingerprint density at radius 1 is 1.50 bits per heavy atom. The van der Waals surface area contributed by atoms with Crippen LogP contribution in [0.2, 0.25) is 0 Å². The quantitative estimate of drug-likeness (QED) is 0.561. The zero-order valence-corrected chi connectivity index (χ0v) is 8.49. The van der Waals surface area contributed by atoms with Crippen LogP contribution >= 0.6 is 0 Å². The molecule has 3 N–H and O–H groups in total. The van der Waals surface area contributed by atoms with Crippen molar-refractivity contribution in [3.05, 3.63) is 0 Å². The fourth-order valence-electron chi connectivity index (χ4n) is 0. The maximum Gasteiger partial charge on any atom is 0.329 e. The van der Waals surface area contributed by atoms with Crippen molar-refractivity contribution in [2.24, 2.45) is 0 Å². The van der Waals surface area contributed by atoms with E-state index in [-0.39, 0.29) is 32.3 Å². The SMILES string of the molecule is CC(C)O.O=C(O)CO.[Zr]. The minimum Gasteiger partial charge on any atom is -0.480 e. The topological polar surface area (TPSA) is 77.8 Å². The summed E-state index contributed by atoms with van der Waals surface area (Å²) in [6.07, 6.45) is -0.167. The van der Waals surface area contributed by atoms with E-state index in [0.29, 0.717) is 0 Å². The van der Waals surface area contributed by atoms with Crippen LogP contribution in [0.25, 0.3) is 0 Å². The van der Waals surface area contributed by atoms with Gasteiger partial charge in [0.25, 0.3) is 0 Å². The summed E-state index contributed by atoms with van der Waals surface area (Å²) in [5.41, 5.74) is 0. The molecule has 0 aliphatic carbocycles. The van der Waals surface area contributed by atoms with Crippen LogP contribution in [0.4, 0.5) is 0 Å². The Morgan fingerprint density at radius 3 is 1.60 bits per heavy atom. The van der Waals surface area contributed by atoms with Gasteiger partial charge in [0.05, 0.1) is 0 Å². The van der Waals surface area contributed by atoms with E-state index < -0.39 is 12.6 Å². The van der Waals surface area contributed by atoms with Gasteiger partial charge in [-0.2, -0.15) is 0 Å². The predicted molar refractivity (Wildman–Crippen MR) is 32.1 cm³/mol. The Hall–Kier alpha value is 0.273. The van der Waals surface area contributed by atoms with Crippen LogP contribution < -0.4 is 0 Å². The van der Waals surface area contributed by atoms with Crippen molar-refractivity contribution in [1.29, 1.82) is 0 Å². The Morgan fingerprint density at radius 2 is 1.60 bits per heavy atom. The molecule has 0 aromatic rings. The summed E-state index contributed by atoms with van der Waals surface area (Å²) in [5.74, 6) is -1.19. The standard InChI is InChI=1S/C3H8O.C2H4O3.Zr/c1-3(2)4;3-1-2(4)5;/h3-4H,1-2H3;3H,1H2,(H,4,5);. The first-order valence-corrected chi connectivity index (χ1v) is 2.51. The second-order valence-electron chi connectivity index (χ2n) is 1.65. The van der Waals surface area contributed by atoms with Gasteiger partial charge in [0, 0.05) is 32.3 Å². The molecule has 0 aliphatic heterocycles. The first-order valence-electron chi connectivity index (χ1n) is 2.51. The molecule has 0 bridgehead atoms. The minimum atomic E-state index is -1.19. The first-order chi connectivity index (χ1) is 4.00. The molecule has 0 aromatic heterocycles. The Kier molecular flexibility index (Phi) is 20.0. The molecule has 60 valence electrons. The number of hydrogen-bond acceptors (Lipinski definition) is 3. The average molecular weight is 227 g/mol. The molecule has 0 aromatic carbocycles. The molecule has 4 nitrogen and oxygen atoms in total. The summed E-state index contributed by atoms with van der Waals surface area (Å²) >= 11 is 0. The van der Waals surface area contributed by atoms with Crippen LogP contribution in [-0.4, -0.2) is 34.0 Å². The van der Waals surface area contributed by atoms with Gasteiger partial charge in [0.2, 0.25) is 0 Å². The maximum atomic E-state index is 9.12. The molecule has 0 amide bonds. The second-order valence-corrected chi connectivity index (χ2v) is 1.65. The molecule has 0 atom stereocenters. The average Bonchev–Trinajstić information content (AvgIpc) is 1.65. The smallest absolute Gasteiger partial charge is 0.329 e. The number of aliphatic hydroxyl groups excluding tert-OH is 2. The number of carboxylic acid groups (broad SMARTS) is 1. The van der Waals surface area contributed by atoms with Gasteiger partial charge in [-0.05, 0) is 13.8 Å². The Labute approximate surface area is 79.0 Å². The van der Waals surface area contributed by atoms with E-state index in [2.05, 4.69) is 0 Å². The van der Waals surface area contributed by atoms with Gasteiger partial charge in [0.15, 0.2) is 0 Å². The first kappa shape index (κ1) is 16.7. The maximum absolute atomic E-state index is 9.12. The van der Waals surface area contributed by atoms with E-state index >= 15 is 0 Å². The number of aliphatic hydroxyl groups is 2. The number of carbonyl (C=O) groups is 1. The second kappa shape index (κ2) is 12.0. The van der Waals surface area contributed by atoms with Crippen molar-refractivity contribution in [2.75, 3.05) is 6.61 Å². The molecular formula is C5H12O4Zr. The van der Waals surface area contributed by atoms with Gasteiger partial charge in [-0.15, -0.1) is 0 Å².